The third kappa shape index (κ3) is 3.29. The molecular formula is C15H17F3N4O2S. The monoisotopic (exact) mass is 374 g/mol. The van der Waals surface area contributed by atoms with Crippen LogP contribution in [-0.4, -0.2) is 53.8 Å². The Hall–Kier alpha value is -1.91. The smallest absolute Gasteiger partial charge is 0.246 e. The van der Waals surface area contributed by atoms with Crippen molar-refractivity contribution in [1.29, 1.82) is 0 Å². The van der Waals surface area contributed by atoms with E-state index in [1.54, 1.807) is 12.4 Å². The first kappa shape index (κ1) is 17.9. The Morgan fingerprint density at radius 1 is 1.20 bits per heavy atom. The molecule has 1 N–H and O–H groups in total. The topological polar surface area (TPSA) is 69.3 Å². The third-order valence-corrected chi connectivity index (χ3v) is 6.17. The molecule has 0 saturated carbocycles. The van der Waals surface area contributed by atoms with Crippen molar-refractivity contribution < 1.29 is 21.6 Å². The van der Waals surface area contributed by atoms with Gasteiger partial charge >= 0.3 is 0 Å². The van der Waals surface area contributed by atoms with Crippen LogP contribution in [0.5, 0.6) is 0 Å². The Kier molecular flexibility index (Phi) is 4.85. The van der Waals surface area contributed by atoms with Gasteiger partial charge in [0.05, 0.1) is 6.04 Å². The number of hydrogen-bond acceptors (Lipinski definition) is 4. The largest absolute Gasteiger partial charge is 0.347 e. The SMILES string of the molecule is CCN1CCN(S(=O)(=O)c2cc(F)c(F)cc2F)CC1c1ncc[nH]1. The fourth-order valence-corrected chi connectivity index (χ4v) is 4.45. The standard InChI is InChI=1S/C15H17F3N4O2S/c1-2-21-5-6-22(9-13(21)15-19-3-4-20-15)25(23,24)14-8-11(17)10(16)7-12(14)18/h3-4,7-8,13H,2,5-6,9H2,1H3,(H,19,20). The molecule has 2 heterocycles. The van der Waals surface area contributed by atoms with Crippen LogP contribution in [-0.2, 0) is 10.0 Å². The first-order chi connectivity index (χ1) is 11.8. The van der Waals surface area contributed by atoms with Crippen LogP contribution in [0, 0.1) is 17.5 Å². The molecule has 0 aliphatic carbocycles. The number of halogens is 3. The zero-order valence-corrected chi connectivity index (χ0v) is 14.2. The number of piperazine rings is 1. The van der Waals surface area contributed by atoms with Gasteiger partial charge in [0.2, 0.25) is 10.0 Å². The minimum Gasteiger partial charge on any atom is -0.347 e. The number of benzene rings is 1. The van der Waals surface area contributed by atoms with E-state index in [9.17, 15) is 21.6 Å². The van der Waals surface area contributed by atoms with E-state index in [2.05, 4.69) is 9.97 Å². The predicted molar refractivity (Wildman–Crippen MR) is 83.7 cm³/mol. The predicted octanol–water partition coefficient (Wildman–Crippen LogP) is 1.89. The van der Waals surface area contributed by atoms with Gasteiger partial charge in [0, 0.05) is 38.1 Å². The summed E-state index contributed by atoms with van der Waals surface area (Å²) in [6, 6.07) is 0.291. The van der Waals surface area contributed by atoms with E-state index in [1.807, 2.05) is 11.8 Å². The highest BCUT2D eigenvalue weighted by molar-refractivity contribution is 7.89. The lowest BCUT2D eigenvalue weighted by Crippen LogP contribution is -2.50. The fraction of sp³-hybridized carbons (Fsp3) is 0.400. The van der Waals surface area contributed by atoms with E-state index >= 15 is 0 Å². The normalized spacial score (nSPS) is 20.1. The summed E-state index contributed by atoms with van der Waals surface area (Å²) < 4.78 is 67.0. The van der Waals surface area contributed by atoms with Crippen molar-refractivity contribution in [2.75, 3.05) is 26.2 Å². The molecule has 136 valence electrons. The molecule has 25 heavy (non-hydrogen) atoms. The minimum atomic E-state index is -4.30. The highest BCUT2D eigenvalue weighted by Crippen LogP contribution is 2.28. The molecule has 3 rings (SSSR count). The number of sulfonamides is 1. The van der Waals surface area contributed by atoms with Crippen LogP contribution < -0.4 is 0 Å². The molecule has 1 aromatic carbocycles. The number of aromatic nitrogens is 2. The molecule has 1 atom stereocenters. The van der Waals surface area contributed by atoms with Gasteiger partial charge < -0.3 is 4.98 Å². The average Bonchev–Trinajstić information content (AvgIpc) is 3.11. The first-order valence-electron chi connectivity index (χ1n) is 7.72. The van der Waals surface area contributed by atoms with Gasteiger partial charge in [-0.1, -0.05) is 6.92 Å². The summed E-state index contributed by atoms with van der Waals surface area (Å²) in [6.45, 7) is 3.17. The van der Waals surface area contributed by atoms with Crippen LogP contribution in [0.25, 0.3) is 0 Å². The van der Waals surface area contributed by atoms with Gasteiger partial charge in [-0.25, -0.2) is 26.6 Å². The molecule has 6 nitrogen and oxygen atoms in total. The number of rotatable bonds is 4. The molecule has 0 spiro atoms. The summed E-state index contributed by atoms with van der Waals surface area (Å²) in [7, 11) is -4.30. The molecule has 1 aliphatic rings. The van der Waals surface area contributed by atoms with E-state index in [-0.39, 0.29) is 25.2 Å². The molecule has 0 bridgehead atoms. The summed E-state index contributed by atoms with van der Waals surface area (Å²) in [5.74, 6) is -3.56. The van der Waals surface area contributed by atoms with Crippen LogP contribution in [0.4, 0.5) is 13.2 Å². The van der Waals surface area contributed by atoms with Gasteiger partial charge in [0.1, 0.15) is 16.5 Å². The number of hydrogen-bond donors (Lipinski definition) is 1. The second-order valence-corrected chi connectivity index (χ2v) is 7.58. The van der Waals surface area contributed by atoms with E-state index in [0.29, 0.717) is 25.0 Å². The van der Waals surface area contributed by atoms with E-state index < -0.39 is 32.4 Å². The Bertz CT molecular complexity index is 858. The molecule has 1 aromatic heterocycles. The molecule has 1 saturated heterocycles. The lowest BCUT2D eigenvalue weighted by molar-refractivity contribution is 0.119. The Labute approximate surface area is 143 Å². The number of nitrogens with zero attached hydrogens (tertiary/aromatic N) is 3. The van der Waals surface area contributed by atoms with Crippen LogP contribution >= 0.6 is 0 Å². The number of aromatic amines is 1. The average molecular weight is 374 g/mol. The maximum atomic E-state index is 14.0. The second-order valence-electron chi connectivity index (χ2n) is 5.68. The Morgan fingerprint density at radius 2 is 1.92 bits per heavy atom. The van der Waals surface area contributed by atoms with Crippen molar-refractivity contribution in [2.24, 2.45) is 0 Å². The van der Waals surface area contributed by atoms with Crippen molar-refractivity contribution >= 4 is 10.0 Å². The number of nitrogens with one attached hydrogen (secondary N) is 1. The van der Waals surface area contributed by atoms with Gasteiger partial charge in [0.25, 0.3) is 0 Å². The highest BCUT2D eigenvalue weighted by atomic mass is 32.2. The number of likely N-dealkylation sites (N-methyl/N-ethyl adjacent to an activating group) is 1. The molecule has 0 radical (unpaired) electrons. The van der Waals surface area contributed by atoms with E-state index in [0.717, 1.165) is 4.31 Å². The summed E-state index contributed by atoms with van der Waals surface area (Å²) in [4.78, 5) is 8.29. The van der Waals surface area contributed by atoms with Gasteiger partial charge in [-0.15, -0.1) is 0 Å². The molecule has 1 aliphatic heterocycles. The van der Waals surface area contributed by atoms with Crippen LogP contribution in [0.1, 0.15) is 18.8 Å². The molecule has 10 heteroatoms. The second kappa shape index (κ2) is 6.77. The van der Waals surface area contributed by atoms with Gasteiger partial charge in [0.15, 0.2) is 11.6 Å². The summed E-state index contributed by atoms with van der Waals surface area (Å²) >= 11 is 0. The lowest BCUT2D eigenvalue weighted by atomic mass is 10.2. The lowest BCUT2D eigenvalue weighted by Gasteiger charge is -2.39. The van der Waals surface area contributed by atoms with E-state index in [1.165, 1.54) is 0 Å². The minimum absolute atomic E-state index is 0.0299. The van der Waals surface area contributed by atoms with Crippen LogP contribution in [0.3, 0.4) is 0 Å². The van der Waals surface area contributed by atoms with Crippen molar-refractivity contribution in [3.8, 4) is 0 Å². The highest BCUT2D eigenvalue weighted by Gasteiger charge is 2.37. The Morgan fingerprint density at radius 3 is 2.56 bits per heavy atom. The molecule has 2 aromatic rings. The van der Waals surface area contributed by atoms with Crippen LogP contribution in [0.2, 0.25) is 0 Å². The first-order valence-corrected chi connectivity index (χ1v) is 9.16. The zero-order chi connectivity index (χ0) is 18.2. The summed E-state index contributed by atoms with van der Waals surface area (Å²) in [6.07, 6.45) is 3.19. The number of imidazole rings is 1. The van der Waals surface area contributed by atoms with Crippen molar-refractivity contribution in [1.82, 2.24) is 19.2 Å². The van der Waals surface area contributed by atoms with Crippen LogP contribution in [0.15, 0.2) is 29.4 Å². The maximum absolute atomic E-state index is 14.0. The molecule has 1 fully saturated rings. The van der Waals surface area contributed by atoms with Crippen molar-refractivity contribution in [2.45, 2.75) is 17.9 Å². The summed E-state index contributed by atoms with van der Waals surface area (Å²) in [5.41, 5.74) is 0. The molecular weight excluding hydrogens is 357 g/mol. The van der Waals surface area contributed by atoms with Gasteiger partial charge in [-0.3, -0.25) is 4.90 Å². The maximum Gasteiger partial charge on any atom is 0.246 e. The zero-order valence-electron chi connectivity index (χ0n) is 13.4. The Balaban J connectivity index is 1.94. The number of H-pyrrole nitrogens is 1. The quantitative estimate of drug-likeness (QED) is 0.830. The molecule has 1 unspecified atom stereocenters. The fourth-order valence-electron chi connectivity index (χ4n) is 2.95. The summed E-state index contributed by atoms with van der Waals surface area (Å²) in [5, 5.41) is 0. The van der Waals surface area contributed by atoms with Crippen molar-refractivity contribution in [3.63, 3.8) is 0 Å². The van der Waals surface area contributed by atoms with Crippen molar-refractivity contribution in [3.05, 3.63) is 47.8 Å². The van der Waals surface area contributed by atoms with E-state index in [4.69, 9.17) is 0 Å². The van der Waals surface area contributed by atoms with Gasteiger partial charge in [-0.2, -0.15) is 4.31 Å². The molecule has 0 amide bonds. The van der Waals surface area contributed by atoms with Gasteiger partial charge in [-0.05, 0) is 12.6 Å². The third-order valence-electron chi connectivity index (χ3n) is 4.29.